The fourth-order valence-electron chi connectivity index (χ4n) is 2.27. The highest BCUT2D eigenvalue weighted by Gasteiger charge is 2.10. The van der Waals surface area contributed by atoms with Gasteiger partial charge >= 0.3 is 5.97 Å². The molecule has 10 heteroatoms. The second-order valence-electron chi connectivity index (χ2n) is 5.97. The lowest BCUT2D eigenvalue weighted by Gasteiger charge is -2.08. The van der Waals surface area contributed by atoms with Crippen LogP contribution in [0.15, 0.2) is 41.5 Å². The third-order valence-electron chi connectivity index (χ3n) is 3.63. The minimum absolute atomic E-state index is 0.0504. The Morgan fingerprint density at radius 3 is 2.43 bits per heavy atom. The molecule has 0 atom stereocenters. The van der Waals surface area contributed by atoms with Crippen LogP contribution in [0.3, 0.4) is 0 Å². The molecule has 8 nitrogen and oxygen atoms in total. The van der Waals surface area contributed by atoms with Gasteiger partial charge in [-0.2, -0.15) is 5.10 Å². The molecule has 0 heterocycles. The maximum absolute atomic E-state index is 12.0. The Bertz CT molecular complexity index is 979. The van der Waals surface area contributed by atoms with Gasteiger partial charge in [-0.15, -0.1) is 0 Å². The van der Waals surface area contributed by atoms with Gasteiger partial charge in [0.1, 0.15) is 0 Å². The van der Waals surface area contributed by atoms with E-state index in [2.05, 4.69) is 15.8 Å². The van der Waals surface area contributed by atoms with Crippen LogP contribution in [0.2, 0.25) is 10.0 Å². The number of nitrogens with one attached hydrogen (secondary N) is 2. The molecule has 0 unspecified atom stereocenters. The van der Waals surface area contributed by atoms with Gasteiger partial charge in [0, 0.05) is 24.8 Å². The SMILES string of the molecule is COc1cc(/C=N/NC(=O)CCC(=O)Nc2ccc(Cl)cc2Cl)ccc1OC(C)=O. The maximum atomic E-state index is 12.0. The summed E-state index contributed by atoms with van der Waals surface area (Å²) in [6.45, 7) is 1.29. The number of methoxy groups -OCH3 is 1. The van der Waals surface area contributed by atoms with Crippen molar-refractivity contribution < 1.29 is 23.9 Å². The van der Waals surface area contributed by atoms with E-state index in [1.54, 1.807) is 30.3 Å². The van der Waals surface area contributed by atoms with Gasteiger partial charge in [-0.05, 0) is 42.0 Å². The summed E-state index contributed by atoms with van der Waals surface area (Å²) in [5.41, 5.74) is 3.36. The van der Waals surface area contributed by atoms with Crippen molar-refractivity contribution in [3.05, 3.63) is 52.0 Å². The van der Waals surface area contributed by atoms with Crippen molar-refractivity contribution >= 4 is 52.9 Å². The molecular weight excluding hydrogens is 433 g/mol. The number of amides is 2. The van der Waals surface area contributed by atoms with E-state index >= 15 is 0 Å². The van der Waals surface area contributed by atoms with E-state index in [1.165, 1.54) is 26.3 Å². The third-order valence-corrected chi connectivity index (χ3v) is 4.18. The van der Waals surface area contributed by atoms with E-state index < -0.39 is 11.9 Å². The van der Waals surface area contributed by atoms with Crippen LogP contribution in [-0.2, 0) is 14.4 Å². The first kappa shape index (κ1) is 23.2. The molecule has 0 spiro atoms. The molecule has 0 bridgehead atoms. The zero-order valence-corrected chi connectivity index (χ0v) is 17.7. The number of rotatable bonds is 8. The Hall–Kier alpha value is -3.10. The molecule has 0 aliphatic carbocycles. The molecule has 2 rings (SSSR count). The summed E-state index contributed by atoms with van der Waals surface area (Å²) in [6, 6.07) is 9.46. The lowest BCUT2D eigenvalue weighted by Crippen LogP contribution is -2.20. The van der Waals surface area contributed by atoms with Gasteiger partial charge in [0.05, 0.1) is 24.0 Å². The van der Waals surface area contributed by atoms with Crippen LogP contribution < -0.4 is 20.2 Å². The van der Waals surface area contributed by atoms with E-state index in [0.717, 1.165) is 0 Å². The van der Waals surface area contributed by atoms with Gasteiger partial charge in [-0.1, -0.05) is 23.2 Å². The molecule has 0 fully saturated rings. The predicted molar refractivity (Wildman–Crippen MR) is 114 cm³/mol. The minimum Gasteiger partial charge on any atom is -0.493 e. The van der Waals surface area contributed by atoms with E-state index in [4.69, 9.17) is 32.7 Å². The van der Waals surface area contributed by atoms with Crippen molar-refractivity contribution in [3.63, 3.8) is 0 Å². The Balaban J connectivity index is 1.83. The van der Waals surface area contributed by atoms with Crippen LogP contribution in [0.5, 0.6) is 11.5 Å². The highest BCUT2D eigenvalue weighted by molar-refractivity contribution is 6.36. The summed E-state index contributed by atoms with van der Waals surface area (Å²) in [7, 11) is 1.44. The number of hydrogen-bond acceptors (Lipinski definition) is 6. The van der Waals surface area contributed by atoms with Gasteiger partial charge in [0.15, 0.2) is 11.5 Å². The van der Waals surface area contributed by atoms with Crippen LogP contribution in [0, 0.1) is 0 Å². The molecule has 30 heavy (non-hydrogen) atoms. The summed E-state index contributed by atoms with van der Waals surface area (Å²) in [5, 5.41) is 7.20. The van der Waals surface area contributed by atoms with Crippen molar-refractivity contribution in [2.75, 3.05) is 12.4 Å². The Kier molecular flexibility index (Phi) is 8.64. The van der Waals surface area contributed by atoms with E-state index in [-0.39, 0.29) is 24.5 Å². The van der Waals surface area contributed by atoms with Crippen molar-refractivity contribution in [1.29, 1.82) is 0 Å². The Labute approximate surface area is 183 Å². The molecular formula is C20H19Cl2N3O5. The Morgan fingerprint density at radius 2 is 1.77 bits per heavy atom. The largest absolute Gasteiger partial charge is 0.493 e. The molecule has 0 aromatic heterocycles. The summed E-state index contributed by atoms with van der Waals surface area (Å²) in [5.74, 6) is -0.656. The highest BCUT2D eigenvalue weighted by atomic mass is 35.5. The number of ether oxygens (including phenoxy) is 2. The van der Waals surface area contributed by atoms with Gasteiger partial charge in [-0.25, -0.2) is 5.43 Å². The lowest BCUT2D eigenvalue weighted by atomic mass is 10.2. The molecule has 0 aliphatic heterocycles. The second kappa shape index (κ2) is 11.2. The molecule has 158 valence electrons. The molecule has 2 aromatic carbocycles. The first-order valence-corrected chi connectivity index (χ1v) is 9.47. The molecule has 0 saturated carbocycles. The van der Waals surface area contributed by atoms with E-state index in [1.807, 2.05) is 0 Å². The van der Waals surface area contributed by atoms with Crippen LogP contribution >= 0.6 is 23.2 Å². The summed E-state index contributed by atoms with van der Waals surface area (Å²) >= 11 is 11.8. The van der Waals surface area contributed by atoms with Crippen LogP contribution in [-0.4, -0.2) is 31.1 Å². The van der Waals surface area contributed by atoms with Crippen LogP contribution in [0.25, 0.3) is 0 Å². The monoisotopic (exact) mass is 451 g/mol. The maximum Gasteiger partial charge on any atom is 0.308 e. The number of esters is 1. The van der Waals surface area contributed by atoms with Gasteiger partial charge in [-0.3, -0.25) is 14.4 Å². The summed E-state index contributed by atoms with van der Waals surface area (Å²) in [4.78, 5) is 34.9. The number of halogens is 2. The fourth-order valence-corrected chi connectivity index (χ4v) is 2.72. The third kappa shape index (κ3) is 7.38. The van der Waals surface area contributed by atoms with Crippen LogP contribution in [0.4, 0.5) is 5.69 Å². The number of benzene rings is 2. The lowest BCUT2D eigenvalue weighted by molar-refractivity contribution is -0.132. The van der Waals surface area contributed by atoms with Crippen molar-refractivity contribution in [2.24, 2.45) is 5.10 Å². The fraction of sp³-hybridized carbons (Fsp3) is 0.200. The average Bonchev–Trinajstić information content (AvgIpc) is 2.69. The Morgan fingerprint density at radius 1 is 1.03 bits per heavy atom. The molecule has 2 aromatic rings. The van der Waals surface area contributed by atoms with Gasteiger partial charge in [0.25, 0.3) is 0 Å². The number of hydrogen-bond donors (Lipinski definition) is 2. The number of nitrogens with zero attached hydrogens (tertiary/aromatic N) is 1. The average molecular weight is 452 g/mol. The topological polar surface area (TPSA) is 106 Å². The number of hydrazone groups is 1. The summed E-state index contributed by atoms with van der Waals surface area (Å²) in [6.07, 6.45) is 1.28. The van der Waals surface area contributed by atoms with Crippen molar-refractivity contribution in [1.82, 2.24) is 5.43 Å². The molecule has 2 N–H and O–H groups in total. The smallest absolute Gasteiger partial charge is 0.308 e. The van der Waals surface area contributed by atoms with E-state index in [0.29, 0.717) is 27.0 Å². The predicted octanol–water partition coefficient (Wildman–Crippen LogP) is 3.80. The zero-order valence-electron chi connectivity index (χ0n) is 16.2. The van der Waals surface area contributed by atoms with Crippen molar-refractivity contribution in [2.45, 2.75) is 19.8 Å². The number of carbonyl (C=O) groups is 3. The molecule has 0 saturated heterocycles. The highest BCUT2D eigenvalue weighted by Crippen LogP contribution is 2.27. The first-order chi connectivity index (χ1) is 14.3. The number of carbonyl (C=O) groups excluding carboxylic acids is 3. The van der Waals surface area contributed by atoms with Gasteiger partial charge in [0.2, 0.25) is 11.8 Å². The number of anilines is 1. The normalized spacial score (nSPS) is 10.5. The molecule has 0 radical (unpaired) electrons. The zero-order chi connectivity index (χ0) is 22.1. The molecule has 0 aliphatic rings. The minimum atomic E-state index is -0.468. The second-order valence-corrected chi connectivity index (χ2v) is 6.81. The standard InChI is InChI=1S/C20H19Cl2N3O5/c1-12(26)30-17-6-3-13(9-18(17)29-2)11-23-25-20(28)8-7-19(27)24-16-5-4-14(21)10-15(16)22/h3-6,9-11H,7-8H2,1-2H3,(H,24,27)(H,25,28)/b23-11+. The quantitative estimate of drug-likeness (QED) is 0.274. The van der Waals surface area contributed by atoms with Crippen molar-refractivity contribution in [3.8, 4) is 11.5 Å². The summed E-state index contributed by atoms with van der Waals surface area (Å²) < 4.78 is 10.2. The molecule has 2 amide bonds. The van der Waals surface area contributed by atoms with E-state index in [9.17, 15) is 14.4 Å². The first-order valence-electron chi connectivity index (χ1n) is 8.71. The van der Waals surface area contributed by atoms with Crippen LogP contribution in [0.1, 0.15) is 25.3 Å². The van der Waals surface area contributed by atoms with Gasteiger partial charge < -0.3 is 14.8 Å².